The van der Waals surface area contributed by atoms with Crippen molar-refractivity contribution in [3.05, 3.63) is 59.7 Å². The molecule has 54 heavy (non-hydrogen) atoms. The van der Waals surface area contributed by atoms with Crippen LogP contribution in [0.4, 0.5) is 4.79 Å². The molecule has 0 heterocycles. The normalized spacial score (nSPS) is 13.6. The van der Waals surface area contributed by atoms with E-state index in [0.29, 0.717) is 65.4 Å². The smallest absolute Gasteiger partial charge is 0.407 e. The second kappa shape index (κ2) is 19.4. The Balaban J connectivity index is 1.61. The molecular weight excluding hydrogens is 683 g/mol. The fourth-order valence-corrected chi connectivity index (χ4v) is 6.19. The number of hydrogen-bond acceptors (Lipinski definition) is 8. The van der Waals surface area contributed by atoms with E-state index in [0.717, 1.165) is 22.3 Å². The minimum atomic E-state index is -0.893. The Kier molecular flexibility index (Phi) is 16.1. The van der Waals surface area contributed by atoms with Crippen LogP contribution in [0.3, 0.4) is 0 Å². The number of ether oxygens (including phenoxy) is 3. The summed E-state index contributed by atoms with van der Waals surface area (Å²) in [5.41, 5.74) is 14.5. The quantitative estimate of drug-likeness (QED) is 0.0904. The minimum absolute atomic E-state index is 0.0895. The molecule has 3 amide bonds. The molecule has 0 bridgehead atoms. The largest absolute Gasteiger partial charge is 0.449 e. The second-order valence-corrected chi connectivity index (χ2v) is 18.6. The summed E-state index contributed by atoms with van der Waals surface area (Å²) in [6.07, 6.45) is 0.352. The van der Waals surface area contributed by atoms with Gasteiger partial charge in [-0.3, -0.25) is 9.59 Å². The Hall–Kier alpha value is -3.51. The summed E-state index contributed by atoms with van der Waals surface area (Å²) >= 11 is 0. The average molecular weight is 752 g/mol. The lowest BCUT2D eigenvalue weighted by Gasteiger charge is -2.32. The van der Waals surface area contributed by atoms with Crippen LogP contribution in [0, 0.1) is 21.7 Å². The van der Waals surface area contributed by atoms with Crippen molar-refractivity contribution in [3.8, 4) is 11.1 Å². The van der Waals surface area contributed by atoms with E-state index in [4.69, 9.17) is 25.7 Å². The molecule has 0 saturated heterocycles. The van der Waals surface area contributed by atoms with Gasteiger partial charge in [-0.1, -0.05) is 104 Å². The van der Waals surface area contributed by atoms with Crippen molar-refractivity contribution in [1.82, 2.24) is 16.0 Å². The zero-order chi connectivity index (χ0) is 40.2. The monoisotopic (exact) mass is 752 g/mol. The lowest BCUT2D eigenvalue weighted by molar-refractivity contribution is -0.122. The molecule has 2 aromatic carbocycles. The number of alkyl carbamates (subject to hydrolysis) is 1. The number of fused-ring (bicyclic) bond motifs is 3. The van der Waals surface area contributed by atoms with Crippen LogP contribution in [0.5, 0.6) is 0 Å². The molecule has 0 fully saturated rings. The van der Waals surface area contributed by atoms with E-state index < -0.39 is 11.6 Å². The first kappa shape index (κ1) is 44.9. The molecule has 0 atom stereocenters. The van der Waals surface area contributed by atoms with Crippen molar-refractivity contribution < 1.29 is 28.6 Å². The van der Waals surface area contributed by atoms with Crippen molar-refractivity contribution in [2.75, 3.05) is 59.2 Å². The number of amides is 3. The Labute approximate surface area is 324 Å². The molecule has 1 aliphatic carbocycles. The van der Waals surface area contributed by atoms with Gasteiger partial charge in [0.1, 0.15) is 6.61 Å². The van der Waals surface area contributed by atoms with Gasteiger partial charge in [-0.05, 0) is 55.1 Å². The summed E-state index contributed by atoms with van der Waals surface area (Å²) < 4.78 is 17.7. The molecule has 0 radical (unpaired) electrons. The lowest BCUT2D eigenvalue weighted by Crippen LogP contribution is -2.48. The van der Waals surface area contributed by atoms with Crippen LogP contribution >= 0.6 is 0 Å². The highest BCUT2D eigenvalue weighted by Crippen LogP contribution is 2.44. The predicted molar refractivity (Wildman–Crippen MR) is 216 cm³/mol. The van der Waals surface area contributed by atoms with Crippen molar-refractivity contribution in [3.63, 3.8) is 0 Å². The third-order valence-electron chi connectivity index (χ3n) is 10.2. The molecule has 0 saturated carbocycles. The van der Waals surface area contributed by atoms with Crippen molar-refractivity contribution in [2.45, 2.75) is 99.5 Å². The maximum Gasteiger partial charge on any atom is 0.407 e. The van der Waals surface area contributed by atoms with Crippen molar-refractivity contribution in [2.24, 2.45) is 33.1 Å². The number of carbonyl (C=O) groups excluding carboxylic acids is 3. The Morgan fingerprint density at radius 1 is 0.611 bits per heavy atom. The van der Waals surface area contributed by atoms with Crippen LogP contribution < -0.4 is 27.4 Å². The predicted octanol–water partition coefficient (Wildman–Crippen LogP) is 6.13. The van der Waals surface area contributed by atoms with E-state index in [9.17, 15) is 14.4 Å². The molecule has 0 aromatic heterocycles. The number of nitrogens with two attached hydrogens (primary N) is 2. The van der Waals surface area contributed by atoms with Gasteiger partial charge in [0.15, 0.2) is 0 Å². The lowest BCUT2D eigenvalue weighted by atomic mass is 9.89. The Morgan fingerprint density at radius 3 is 1.41 bits per heavy atom. The molecule has 3 rings (SSSR count). The second-order valence-electron chi connectivity index (χ2n) is 18.6. The summed E-state index contributed by atoms with van der Waals surface area (Å²) in [5, 5.41) is 9.11. The van der Waals surface area contributed by atoms with Gasteiger partial charge in [0, 0.05) is 59.0 Å². The maximum absolute atomic E-state index is 13.5. The highest BCUT2D eigenvalue weighted by molar-refractivity contribution is 5.79. The van der Waals surface area contributed by atoms with Gasteiger partial charge in [0.05, 0.1) is 26.4 Å². The minimum Gasteiger partial charge on any atom is -0.449 e. The number of rotatable bonds is 23. The molecule has 11 nitrogen and oxygen atoms in total. The Morgan fingerprint density at radius 2 is 1.00 bits per heavy atom. The van der Waals surface area contributed by atoms with Gasteiger partial charge in [0.25, 0.3) is 0 Å². The van der Waals surface area contributed by atoms with Crippen LogP contribution in [0.1, 0.15) is 105 Å². The summed E-state index contributed by atoms with van der Waals surface area (Å²) in [5.74, 6) is -0.377. The first-order valence-electron chi connectivity index (χ1n) is 19.4. The van der Waals surface area contributed by atoms with E-state index in [1.54, 1.807) is 0 Å². The molecule has 7 N–H and O–H groups in total. The topological polar surface area (TPSA) is 167 Å². The van der Waals surface area contributed by atoms with E-state index in [1.807, 2.05) is 58.9 Å². The van der Waals surface area contributed by atoms with E-state index in [2.05, 4.69) is 67.9 Å². The standard InChI is InChI=1S/C43H69N5O6/c1-39(2,23-44)27-52-29-41(5,6)25-46-36(49)18-20-43(9,21-19-37(50)47-26-42(7,8)30-53-28-40(3,4)24-45)48-38(51)54-22-35-33-16-12-10-14-31(33)32-15-11-13-17-34(32)35/h10-17,35H,18-30,44-45H2,1-9H3,(H,46,49)(H,47,50)(H,48,51). The van der Waals surface area contributed by atoms with Crippen LogP contribution in [-0.4, -0.2) is 82.7 Å². The van der Waals surface area contributed by atoms with E-state index >= 15 is 0 Å². The Bertz CT molecular complexity index is 1440. The first-order chi connectivity index (χ1) is 25.2. The third kappa shape index (κ3) is 14.6. The molecular formula is C43H69N5O6. The summed E-state index contributed by atoms with van der Waals surface area (Å²) in [6, 6.07) is 16.4. The van der Waals surface area contributed by atoms with Crippen molar-refractivity contribution in [1.29, 1.82) is 0 Å². The number of benzene rings is 2. The van der Waals surface area contributed by atoms with E-state index in [-0.39, 0.29) is 58.8 Å². The van der Waals surface area contributed by atoms with Crippen LogP contribution in [-0.2, 0) is 23.8 Å². The average Bonchev–Trinajstić information content (AvgIpc) is 3.44. The van der Waals surface area contributed by atoms with Crippen LogP contribution in [0.25, 0.3) is 11.1 Å². The summed E-state index contributed by atoms with van der Waals surface area (Å²) in [7, 11) is 0. The molecule has 1 aliphatic rings. The van der Waals surface area contributed by atoms with Gasteiger partial charge in [-0.2, -0.15) is 0 Å². The SMILES string of the molecule is CC(C)(CN)COCC(C)(C)CNC(=O)CCC(C)(CCC(=O)NCC(C)(C)COCC(C)(C)CN)NC(=O)OCC1c2ccccc2-c2ccccc21. The summed E-state index contributed by atoms with van der Waals surface area (Å²) in [4.78, 5) is 39.7. The van der Waals surface area contributed by atoms with Crippen molar-refractivity contribution >= 4 is 17.9 Å². The molecule has 11 heteroatoms. The highest BCUT2D eigenvalue weighted by atomic mass is 16.5. The maximum atomic E-state index is 13.5. The summed E-state index contributed by atoms with van der Waals surface area (Å²) in [6.45, 7) is 22.3. The van der Waals surface area contributed by atoms with Gasteiger partial charge in [-0.25, -0.2) is 4.79 Å². The number of nitrogens with one attached hydrogen (secondary N) is 3. The number of carbonyl (C=O) groups is 3. The number of hydrogen-bond donors (Lipinski definition) is 5. The van der Waals surface area contributed by atoms with Gasteiger partial charge >= 0.3 is 6.09 Å². The fourth-order valence-electron chi connectivity index (χ4n) is 6.19. The molecule has 0 aliphatic heterocycles. The molecule has 0 spiro atoms. The first-order valence-corrected chi connectivity index (χ1v) is 19.4. The third-order valence-corrected chi connectivity index (χ3v) is 10.2. The molecule has 2 aromatic rings. The fraction of sp³-hybridized carbons (Fsp3) is 0.651. The molecule has 302 valence electrons. The molecule has 0 unspecified atom stereocenters. The zero-order valence-electron chi connectivity index (χ0n) is 34.5. The zero-order valence-corrected chi connectivity index (χ0v) is 34.5. The van der Waals surface area contributed by atoms with Gasteiger partial charge in [-0.15, -0.1) is 0 Å². The highest BCUT2D eigenvalue weighted by Gasteiger charge is 2.33. The van der Waals surface area contributed by atoms with E-state index in [1.165, 1.54) is 0 Å². The van der Waals surface area contributed by atoms with Crippen LogP contribution in [0.2, 0.25) is 0 Å². The van der Waals surface area contributed by atoms with Gasteiger partial charge < -0.3 is 41.6 Å². The van der Waals surface area contributed by atoms with Gasteiger partial charge in [0.2, 0.25) is 11.8 Å². The van der Waals surface area contributed by atoms with Crippen LogP contribution in [0.15, 0.2) is 48.5 Å².